The molecule has 1 atom stereocenters. The highest BCUT2D eigenvalue weighted by molar-refractivity contribution is 5.47. The summed E-state index contributed by atoms with van der Waals surface area (Å²) in [5.74, 6) is 0.0205. The van der Waals surface area contributed by atoms with Crippen LogP contribution >= 0.6 is 0 Å². The molecule has 106 valence electrons. The van der Waals surface area contributed by atoms with Crippen LogP contribution in [0.4, 0.5) is 8.78 Å². The first-order valence-corrected chi connectivity index (χ1v) is 6.24. The predicted molar refractivity (Wildman–Crippen MR) is 67.8 cm³/mol. The highest BCUT2D eigenvalue weighted by Gasteiger charge is 2.32. The molecule has 19 heavy (non-hydrogen) atoms. The summed E-state index contributed by atoms with van der Waals surface area (Å²) < 4.78 is 31.7. The number of nitrogens with zero attached hydrogens (tertiary/aromatic N) is 1. The minimum atomic E-state index is -2.56. The van der Waals surface area contributed by atoms with Gasteiger partial charge in [0.15, 0.2) is 11.5 Å². The molecular weight excluding hydrogens is 254 g/mol. The predicted octanol–water partition coefficient (Wildman–Crippen LogP) is 1.61. The number of rotatable bonds is 4. The van der Waals surface area contributed by atoms with Gasteiger partial charge in [-0.2, -0.15) is 0 Å². The van der Waals surface area contributed by atoms with Gasteiger partial charge in [-0.15, -0.1) is 0 Å². The lowest BCUT2D eigenvalue weighted by Crippen LogP contribution is -2.46. The Kier molecular flexibility index (Phi) is 4.55. The van der Waals surface area contributed by atoms with Crippen molar-refractivity contribution in [1.82, 2.24) is 10.2 Å². The Labute approximate surface area is 111 Å². The van der Waals surface area contributed by atoms with Gasteiger partial charge in [0.1, 0.15) is 6.04 Å². The Balaban J connectivity index is 2.33. The summed E-state index contributed by atoms with van der Waals surface area (Å²) in [4.78, 5) is 1.69. The van der Waals surface area contributed by atoms with Crippen molar-refractivity contribution in [3.05, 3.63) is 23.8 Å². The number of hydrogen-bond acceptors (Lipinski definition) is 4. The Hall–Kier alpha value is -1.40. The van der Waals surface area contributed by atoms with E-state index in [9.17, 15) is 13.9 Å². The van der Waals surface area contributed by atoms with Gasteiger partial charge >= 0.3 is 0 Å². The van der Waals surface area contributed by atoms with Crippen molar-refractivity contribution in [2.75, 3.05) is 33.3 Å². The Morgan fingerprint density at radius 1 is 1.32 bits per heavy atom. The largest absolute Gasteiger partial charge is 0.504 e. The van der Waals surface area contributed by atoms with Crippen molar-refractivity contribution in [3.63, 3.8) is 0 Å². The zero-order valence-corrected chi connectivity index (χ0v) is 10.8. The van der Waals surface area contributed by atoms with Gasteiger partial charge in [-0.05, 0) is 6.07 Å². The standard InChI is InChI=1S/C13H18F2N2O2/c1-19-10-4-2-3-9(12(10)18)11(13(14)15)17-7-5-16-6-8-17/h2-4,11,13,16,18H,5-8H2,1H3/t11-/m1/s1. The molecule has 4 nitrogen and oxygen atoms in total. The molecule has 6 heteroatoms. The molecule has 0 bridgehead atoms. The van der Waals surface area contributed by atoms with Crippen LogP contribution in [0, 0.1) is 0 Å². The van der Waals surface area contributed by atoms with Crippen LogP contribution in [-0.4, -0.2) is 49.7 Å². The molecule has 2 rings (SSSR count). The van der Waals surface area contributed by atoms with Gasteiger partial charge in [-0.3, -0.25) is 4.90 Å². The van der Waals surface area contributed by atoms with E-state index in [0.717, 1.165) is 0 Å². The van der Waals surface area contributed by atoms with E-state index in [1.54, 1.807) is 17.0 Å². The van der Waals surface area contributed by atoms with Crippen LogP contribution < -0.4 is 10.1 Å². The second-order valence-corrected chi connectivity index (χ2v) is 4.46. The quantitative estimate of drug-likeness (QED) is 0.874. The van der Waals surface area contributed by atoms with E-state index in [-0.39, 0.29) is 17.1 Å². The van der Waals surface area contributed by atoms with E-state index < -0.39 is 12.5 Å². The second kappa shape index (κ2) is 6.16. The maximum absolute atomic E-state index is 13.4. The van der Waals surface area contributed by atoms with Crippen molar-refractivity contribution in [2.24, 2.45) is 0 Å². The van der Waals surface area contributed by atoms with Gasteiger partial charge in [0.05, 0.1) is 7.11 Å². The molecule has 0 aromatic heterocycles. The summed E-state index contributed by atoms with van der Waals surface area (Å²) in [6, 6.07) is 3.60. The summed E-state index contributed by atoms with van der Waals surface area (Å²) in [5.41, 5.74) is 0.219. The zero-order chi connectivity index (χ0) is 13.8. The molecular formula is C13H18F2N2O2. The number of methoxy groups -OCH3 is 1. The maximum atomic E-state index is 13.4. The van der Waals surface area contributed by atoms with E-state index in [2.05, 4.69) is 5.32 Å². The van der Waals surface area contributed by atoms with E-state index in [1.165, 1.54) is 13.2 Å². The Morgan fingerprint density at radius 3 is 2.58 bits per heavy atom. The van der Waals surface area contributed by atoms with Crippen molar-refractivity contribution in [1.29, 1.82) is 0 Å². The highest BCUT2D eigenvalue weighted by Crippen LogP contribution is 2.38. The number of aromatic hydroxyl groups is 1. The summed E-state index contributed by atoms with van der Waals surface area (Å²) in [6.07, 6.45) is -2.56. The number of benzene rings is 1. The number of hydrogen-bond donors (Lipinski definition) is 2. The number of halogens is 2. The second-order valence-electron chi connectivity index (χ2n) is 4.46. The minimum absolute atomic E-state index is 0.200. The average Bonchev–Trinajstić information content (AvgIpc) is 2.42. The summed E-state index contributed by atoms with van der Waals surface area (Å²) in [6.45, 7) is 2.42. The van der Waals surface area contributed by atoms with Crippen LogP contribution in [0.1, 0.15) is 11.6 Å². The fraction of sp³-hybridized carbons (Fsp3) is 0.538. The van der Waals surface area contributed by atoms with Gasteiger partial charge < -0.3 is 15.2 Å². The molecule has 1 aliphatic rings. The Morgan fingerprint density at radius 2 is 2.00 bits per heavy atom. The lowest BCUT2D eigenvalue weighted by atomic mass is 10.0. The molecule has 0 radical (unpaired) electrons. The third-order valence-electron chi connectivity index (χ3n) is 3.35. The van der Waals surface area contributed by atoms with Gasteiger partial charge in [-0.25, -0.2) is 8.78 Å². The molecule has 1 saturated heterocycles. The van der Waals surface area contributed by atoms with Crippen LogP contribution in [0.5, 0.6) is 11.5 Å². The van der Waals surface area contributed by atoms with Crippen LogP contribution in [-0.2, 0) is 0 Å². The van der Waals surface area contributed by atoms with E-state index in [4.69, 9.17) is 4.74 Å². The van der Waals surface area contributed by atoms with Crippen LogP contribution in [0.3, 0.4) is 0 Å². The first-order valence-electron chi connectivity index (χ1n) is 6.24. The van der Waals surface area contributed by atoms with Crippen molar-refractivity contribution >= 4 is 0 Å². The Bertz CT molecular complexity index is 423. The number of alkyl halides is 2. The zero-order valence-electron chi connectivity index (χ0n) is 10.8. The molecule has 0 aliphatic carbocycles. The third-order valence-corrected chi connectivity index (χ3v) is 3.35. The van der Waals surface area contributed by atoms with Crippen molar-refractivity contribution in [2.45, 2.75) is 12.5 Å². The summed E-state index contributed by atoms with van der Waals surface area (Å²) in [7, 11) is 1.40. The summed E-state index contributed by atoms with van der Waals surface area (Å²) in [5, 5.41) is 13.2. The lowest BCUT2D eigenvalue weighted by Gasteiger charge is -2.35. The van der Waals surface area contributed by atoms with Crippen LogP contribution in [0.25, 0.3) is 0 Å². The van der Waals surface area contributed by atoms with E-state index in [0.29, 0.717) is 26.2 Å². The average molecular weight is 272 g/mol. The lowest BCUT2D eigenvalue weighted by molar-refractivity contribution is 0.0169. The van der Waals surface area contributed by atoms with E-state index >= 15 is 0 Å². The number of nitrogens with one attached hydrogen (secondary N) is 1. The monoisotopic (exact) mass is 272 g/mol. The molecule has 0 amide bonds. The first-order chi connectivity index (χ1) is 9.15. The normalized spacial score (nSPS) is 18.5. The van der Waals surface area contributed by atoms with Gasteiger partial charge in [0, 0.05) is 31.7 Å². The van der Waals surface area contributed by atoms with Crippen LogP contribution in [0.15, 0.2) is 18.2 Å². The number of piperazine rings is 1. The third kappa shape index (κ3) is 2.96. The van der Waals surface area contributed by atoms with Crippen molar-refractivity contribution in [3.8, 4) is 11.5 Å². The molecule has 1 aliphatic heterocycles. The number of phenols is 1. The smallest absolute Gasteiger partial charge is 0.258 e. The molecule has 0 unspecified atom stereocenters. The topological polar surface area (TPSA) is 44.7 Å². The molecule has 0 spiro atoms. The SMILES string of the molecule is COc1cccc([C@H](C(F)F)N2CCNCC2)c1O. The number of phenolic OH excluding ortho intramolecular Hbond substituents is 1. The van der Waals surface area contributed by atoms with Crippen molar-refractivity contribution < 1.29 is 18.6 Å². The highest BCUT2D eigenvalue weighted by atomic mass is 19.3. The molecule has 1 fully saturated rings. The minimum Gasteiger partial charge on any atom is -0.504 e. The maximum Gasteiger partial charge on any atom is 0.258 e. The number of ether oxygens (including phenoxy) is 1. The van der Waals surface area contributed by atoms with E-state index in [1.807, 2.05) is 0 Å². The molecule has 1 aromatic carbocycles. The molecule has 2 N–H and O–H groups in total. The molecule has 1 aromatic rings. The van der Waals surface area contributed by atoms with Gasteiger partial charge in [0.25, 0.3) is 6.43 Å². The van der Waals surface area contributed by atoms with Gasteiger partial charge in [0.2, 0.25) is 0 Å². The number of para-hydroxylation sites is 1. The first kappa shape index (κ1) is 14.0. The fourth-order valence-electron chi connectivity index (χ4n) is 2.39. The molecule has 0 saturated carbocycles. The summed E-state index contributed by atoms with van der Waals surface area (Å²) >= 11 is 0. The van der Waals surface area contributed by atoms with Gasteiger partial charge in [-0.1, -0.05) is 12.1 Å². The van der Waals surface area contributed by atoms with Crippen LogP contribution in [0.2, 0.25) is 0 Å². The fourth-order valence-corrected chi connectivity index (χ4v) is 2.39. The molecule has 1 heterocycles.